The largest absolute Gasteiger partial charge is 0.338 e. The number of hydrogen-bond donors (Lipinski definition) is 0. The van der Waals surface area contributed by atoms with Crippen molar-refractivity contribution < 1.29 is 4.52 Å². The summed E-state index contributed by atoms with van der Waals surface area (Å²) in [6, 6.07) is 1.86. The molecule has 3 aromatic heterocycles. The topological polar surface area (TPSA) is 73.8 Å². The van der Waals surface area contributed by atoms with E-state index in [0.29, 0.717) is 21.6 Å². The highest BCUT2D eigenvalue weighted by atomic mass is 32.2. The van der Waals surface area contributed by atoms with Gasteiger partial charge in [0, 0.05) is 12.5 Å². The van der Waals surface area contributed by atoms with Crippen LogP contribution in [0, 0.1) is 0 Å². The van der Waals surface area contributed by atoms with E-state index < -0.39 is 0 Å². The Morgan fingerprint density at radius 1 is 1.35 bits per heavy atom. The van der Waals surface area contributed by atoms with Gasteiger partial charge in [-0.3, -0.25) is 9.36 Å². The normalized spacial score (nSPS) is 13.6. The quantitative estimate of drug-likeness (QED) is 0.531. The lowest BCUT2D eigenvalue weighted by Gasteiger charge is -2.11. The first-order chi connectivity index (χ1) is 10.8. The first-order valence-electron chi connectivity index (χ1n) is 7.22. The summed E-state index contributed by atoms with van der Waals surface area (Å²) < 4.78 is 7.62. The van der Waals surface area contributed by atoms with Gasteiger partial charge in [-0.25, -0.2) is 4.98 Å². The van der Waals surface area contributed by atoms with Crippen molar-refractivity contribution in [3.8, 4) is 0 Å². The van der Waals surface area contributed by atoms with Gasteiger partial charge in [0.05, 0.1) is 10.8 Å². The lowest BCUT2D eigenvalue weighted by molar-refractivity contribution is 0.364. The molecule has 122 valence electrons. The van der Waals surface area contributed by atoms with Crippen molar-refractivity contribution in [3.63, 3.8) is 0 Å². The second kappa shape index (κ2) is 5.76. The zero-order valence-corrected chi connectivity index (χ0v) is 15.3. The lowest BCUT2D eigenvalue weighted by atomic mass is 9.96. The minimum absolute atomic E-state index is 0.0272. The monoisotopic (exact) mass is 350 g/mol. The van der Waals surface area contributed by atoms with Crippen LogP contribution in [0.4, 0.5) is 0 Å². The maximum Gasteiger partial charge on any atom is 0.271 e. The summed E-state index contributed by atoms with van der Waals surface area (Å²) in [5.74, 6) is 1.22. The Kier molecular flexibility index (Phi) is 4.05. The predicted octanol–water partition coefficient (Wildman–Crippen LogP) is 3.53. The average Bonchev–Trinajstić information content (AvgIpc) is 3.12. The third-order valence-corrected chi connectivity index (χ3v) is 5.41. The van der Waals surface area contributed by atoms with E-state index in [0.717, 1.165) is 5.52 Å². The Morgan fingerprint density at radius 2 is 2.09 bits per heavy atom. The molecule has 0 aromatic carbocycles. The van der Waals surface area contributed by atoms with Crippen LogP contribution < -0.4 is 5.56 Å². The molecule has 0 radical (unpaired) electrons. The van der Waals surface area contributed by atoms with Crippen LogP contribution in [0.1, 0.15) is 44.7 Å². The molecule has 0 spiro atoms. The predicted molar refractivity (Wildman–Crippen MR) is 92.1 cm³/mol. The lowest BCUT2D eigenvalue weighted by Crippen LogP contribution is -2.19. The molecule has 0 aliphatic carbocycles. The number of hydrogen-bond acceptors (Lipinski definition) is 7. The molecule has 23 heavy (non-hydrogen) atoms. The number of fused-ring (bicyclic) bond motifs is 1. The molecule has 3 heterocycles. The molecule has 1 atom stereocenters. The van der Waals surface area contributed by atoms with Crippen LogP contribution in [-0.2, 0) is 12.5 Å². The second-order valence-electron chi connectivity index (χ2n) is 6.36. The number of aromatic nitrogens is 4. The highest BCUT2D eigenvalue weighted by Gasteiger charge is 2.24. The van der Waals surface area contributed by atoms with Crippen LogP contribution in [-0.4, -0.2) is 19.7 Å². The van der Waals surface area contributed by atoms with Gasteiger partial charge in [0.25, 0.3) is 5.56 Å². The molecule has 0 amide bonds. The van der Waals surface area contributed by atoms with Gasteiger partial charge in [0.1, 0.15) is 4.70 Å². The van der Waals surface area contributed by atoms with Crippen molar-refractivity contribution in [2.24, 2.45) is 7.05 Å². The SMILES string of the molecule is CC(Sc1nc2ccsc2c(=O)n1C)c1nc(C(C)(C)C)no1. The van der Waals surface area contributed by atoms with Crippen molar-refractivity contribution in [2.45, 2.75) is 43.5 Å². The summed E-state index contributed by atoms with van der Waals surface area (Å²) in [5.41, 5.74) is 0.543. The first-order valence-corrected chi connectivity index (χ1v) is 8.98. The summed E-state index contributed by atoms with van der Waals surface area (Å²) in [4.78, 5) is 21.4. The summed E-state index contributed by atoms with van der Waals surface area (Å²) in [6.45, 7) is 8.08. The molecule has 0 N–H and O–H groups in total. The fourth-order valence-electron chi connectivity index (χ4n) is 1.99. The molecule has 1 unspecified atom stereocenters. The van der Waals surface area contributed by atoms with E-state index in [1.807, 2.05) is 39.1 Å². The summed E-state index contributed by atoms with van der Waals surface area (Å²) in [7, 11) is 1.73. The Bertz CT molecular complexity index is 904. The summed E-state index contributed by atoms with van der Waals surface area (Å²) >= 11 is 2.85. The fraction of sp³-hybridized carbons (Fsp3) is 0.467. The number of thiophene rings is 1. The van der Waals surface area contributed by atoms with Crippen LogP contribution in [0.3, 0.4) is 0 Å². The maximum absolute atomic E-state index is 12.3. The van der Waals surface area contributed by atoms with E-state index >= 15 is 0 Å². The van der Waals surface area contributed by atoms with Gasteiger partial charge in [0.2, 0.25) is 5.89 Å². The van der Waals surface area contributed by atoms with Crippen molar-refractivity contribution in [1.29, 1.82) is 0 Å². The average molecular weight is 350 g/mol. The van der Waals surface area contributed by atoms with Crippen LogP contribution in [0.25, 0.3) is 10.2 Å². The Morgan fingerprint density at radius 3 is 2.74 bits per heavy atom. The number of nitrogens with zero attached hydrogens (tertiary/aromatic N) is 4. The first kappa shape index (κ1) is 16.2. The Balaban J connectivity index is 1.91. The molecule has 0 saturated carbocycles. The molecule has 0 fully saturated rings. The Labute approximate surface area is 141 Å². The van der Waals surface area contributed by atoms with Gasteiger partial charge in [-0.15, -0.1) is 11.3 Å². The van der Waals surface area contributed by atoms with Crippen LogP contribution >= 0.6 is 23.1 Å². The van der Waals surface area contributed by atoms with Crippen LogP contribution in [0.5, 0.6) is 0 Å². The summed E-state index contributed by atoms with van der Waals surface area (Å²) in [5, 5.41) is 6.48. The van der Waals surface area contributed by atoms with E-state index in [1.54, 1.807) is 11.6 Å². The van der Waals surface area contributed by atoms with E-state index in [4.69, 9.17) is 4.52 Å². The molecule has 6 nitrogen and oxygen atoms in total. The molecule has 0 aliphatic rings. The number of rotatable bonds is 3. The van der Waals surface area contributed by atoms with E-state index in [9.17, 15) is 4.79 Å². The van der Waals surface area contributed by atoms with Crippen molar-refractivity contribution in [3.05, 3.63) is 33.5 Å². The van der Waals surface area contributed by atoms with Gasteiger partial charge >= 0.3 is 0 Å². The smallest absolute Gasteiger partial charge is 0.271 e. The van der Waals surface area contributed by atoms with Gasteiger partial charge in [0.15, 0.2) is 11.0 Å². The van der Waals surface area contributed by atoms with Crippen LogP contribution in [0.15, 0.2) is 25.9 Å². The standard InChI is InChI=1S/C15H18N4O2S2/c1-8(11-17-13(18-21-11)15(2,3)4)23-14-16-9-6-7-22-10(9)12(20)19(14)5/h6-8H,1-5H3. The maximum atomic E-state index is 12.3. The molecule has 0 saturated heterocycles. The fourth-order valence-corrected chi connectivity index (χ4v) is 3.70. The van der Waals surface area contributed by atoms with Crippen molar-refractivity contribution in [1.82, 2.24) is 19.7 Å². The van der Waals surface area contributed by atoms with Gasteiger partial charge in [-0.2, -0.15) is 4.98 Å². The highest BCUT2D eigenvalue weighted by molar-refractivity contribution is 7.99. The minimum atomic E-state index is -0.160. The molecule has 0 bridgehead atoms. The van der Waals surface area contributed by atoms with E-state index in [1.165, 1.54) is 23.1 Å². The minimum Gasteiger partial charge on any atom is -0.338 e. The van der Waals surface area contributed by atoms with Gasteiger partial charge < -0.3 is 4.52 Å². The zero-order valence-electron chi connectivity index (χ0n) is 13.7. The summed E-state index contributed by atoms with van der Waals surface area (Å²) in [6.07, 6.45) is 0. The van der Waals surface area contributed by atoms with Crippen LogP contribution in [0.2, 0.25) is 0 Å². The van der Waals surface area contributed by atoms with Crippen molar-refractivity contribution >= 4 is 33.3 Å². The highest BCUT2D eigenvalue weighted by Crippen LogP contribution is 2.34. The number of thioether (sulfide) groups is 1. The molecular formula is C15H18N4O2S2. The van der Waals surface area contributed by atoms with Crippen molar-refractivity contribution in [2.75, 3.05) is 0 Å². The molecular weight excluding hydrogens is 332 g/mol. The second-order valence-corrected chi connectivity index (χ2v) is 8.58. The van der Waals surface area contributed by atoms with Gasteiger partial charge in [-0.1, -0.05) is 37.7 Å². The molecule has 0 aliphatic heterocycles. The van der Waals surface area contributed by atoms with Gasteiger partial charge in [-0.05, 0) is 18.4 Å². The molecule has 8 heteroatoms. The third-order valence-electron chi connectivity index (χ3n) is 3.39. The van der Waals surface area contributed by atoms with E-state index in [2.05, 4.69) is 15.1 Å². The van der Waals surface area contributed by atoms with E-state index in [-0.39, 0.29) is 16.2 Å². The molecule has 3 aromatic rings. The zero-order chi connectivity index (χ0) is 16.8. The third kappa shape index (κ3) is 3.05. The molecule has 3 rings (SSSR count). The Hall–Kier alpha value is -1.67.